The molecular formula is C8H20N2O4P2S2+2. The van der Waals surface area contributed by atoms with Crippen molar-refractivity contribution in [1.82, 2.24) is 8.99 Å². The van der Waals surface area contributed by atoms with Crippen molar-refractivity contribution in [3.8, 4) is 0 Å². The van der Waals surface area contributed by atoms with Crippen LogP contribution in [0.4, 0.5) is 0 Å². The van der Waals surface area contributed by atoms with E-state index in [0.717, 1.165) is 39.3 Å². The van der Waals surface area contributed by atoms with E-state index in [9.17, 15) is 0 Å². The smallest absolute Gasteiger partial charge is 0.187 e. The number of rotatable bonds is 5. The van der Waals surface area contributed by atoms with E-state index in [-0.39, 0.29) is 0 Å². The van der Waals surface area contributed by atoms with Gasteiger partial charge in [0.15, 0.2) is 0 Å². The van der Waals surface area contributed by atoms with Crippen LogP contribution in [0.3, 0.4) is 0 Å². The third-order valence-corrected chi connectivity index (χ3v) is 10.0. The first kappa shape index (κ1) is 15.7. The van der Waals surface area contributed by atoms with E-state index in [2.05, 4.69) is 8.99 Å². The van der Waals surface area contributed by atoms with Crippen molar-refractivity contribution in [1.29, 1.82) is 0 Å². The van der Waals surface area contributed by atoms with Crippen LogP contribution in [0.25, 0.3) is 0 Å². The van der Waals surface area contributed by atoms with Gasteiger partial charge in [-0.15, -0.1) is 0 Å². The normalized spacial score (nSPS) is 27.0. The molecule has 2 aliphatic rings. The van der Waals surface area contributed by atoms with Gasteiger partial charge in [-0.1, -0.05) is 8.99 Å². The van der Waals surface area contributed by atoms with E-state index in [1.807, 2.05) is 13.3 Å². The largest absolute Gasteiger partial charge is 0.353 e. The molecule has 0 saturated carbocycles. The fraction of sp³-hybridized carbons (Fsp3) is 1.00. The summed E-state index contributed by atoms with van der Waals surface area (Å²) in [7, 11) is -0.798. The molecule has 0 aromatic carbocycles. The molecule has 2 fully saturated rings. The summed E-state index contributed by atoms with van der Waals surface area (Å²) in [5.41, 5.74) is 0. The van der Waals surface area contributed by atoms with Crippen LogP contribution in [0.5, 0.6) is 0 Å². The first-order chi connectivity index (χ1) is 8.62. The summed E-state index contributed by atoms with van der Waals surface area (Å²) in [6, 6.07) is 0. The van der Waals surface area contributed by atoms with Gasteiger partial charge in [0.05, 0.1) is 48.4 Å². The van der Waals surface area contributed by atoms with Crippen LogP contribution >= 0.6 is 37.7 Å². The zero-order valence-electron chi connectivity index (χ0n) is 10.6. The van der Waals surface area contributed by atoms with Crippen molar-refractivity contribution in [2.75, 3.05) is 39.8 Å². The highest BCUT2D eigenvalue weighted by molar-refractivity contribution is 8.76. The molecule has 0 bridgehead atoms. The molecule has 0 radical (unpaired) electrons. The average Bonchev–Trinajstić information content (AvgIpc) is 2.37. The molecule has 106 valence electrons. The lowest BCUT2D eigenvalue weighted by Crippen LogP contribution is -2.22. The summed E-state index contributed by atoms with van der Waals surface area (Å²) in [5, 5.41) is 0. The van der Waals surface area contributed by atoms with Gasteiger partial charge in [-0.3, -0.25) is 0 Å². The van der Waals surface area contributed by atoms with E-state index in [0.29, 0.717) is 0 Å². The van der Waals surface area contributed by atoms with E-state index in [1.165, 1.54) is 22.0 Å². The Bertz CT molecular complexity index is 239. The minimum atomic E-state index is -1.87. The van der Waals surface area contributed by atoms with Crippen LogP contribution in [-0.2, 0) is 18.1 Å². The Morgan fingerprint density at radius 2 is 1.06 bits per heavy atom. The maximum absolute atomic E-state index is 5.65. The Kier molecular flexibility index (Phi) is 6.42. The third-order valence-electron chi connectivity index (χ3n) is 2.38. The van der Waals surface area contributed by atoms with Crippen molar-refractivity contribution >= 4 is 37.7 Å². The SMILES string of the molecule is C[P+]1(NSSN[P+]2(C)OCCCO2)OCCCO1. The van der Waals surface area contributed by atoms with Gasteiger partial charge in [-0.05, 0) is 0 Å². The highest BCUT2D eigenvalue weighted by atomic mass is 33.1. The number of nitrogens with one attached hydrogen (secondary N) is 2. The second kappa shape index (κ2) is 7.36. The van der Waals surface area contributed by atoms with Gasteiger partial charge >= 0.3 is 15.7 Å². The summed E-state index contributed by atoms with van der Waals surface area (Å²) in [5.74, 6) is 0. The summed E-state index contributed by atoms with van der Waals surface area (Å²) in [6.45, 7) is 7.06. The van der Waals surface area contributed by atoms with E-state index < -0.39 is 15.7 Å². The van der Waals surface area contributed by atoms with E-state index in [1.54, 1.807) is 0 Å². The topological polar surface area (TPSA) is 61.0 Å². The molecule has 0 amide bonds. The first-order valence-corrected chi connectivity index (χ1v) is 12.1. The maximum Gasteiger partial charge on any atom is 0.353 e. The van der Waals surface area contributed by atoms with Gasteiger partial charge in [0.2, 0.25) is 0 Å². The van der Waals surface area contributed by atoms with Crippen LogP contribution in [0.1, 0.15) is 12.8 Å². The fourth-order valence-electron chi connectivity index (χ4n) is 1.43. The van der Waals surface area contributed by atoms with Gasteiger partial charge in [0, 0.05) is 12.8 Å². The van der Waals surface area contributed by atoms with Crippen LogP contribution in [-0.4, -0.2) is 39.8 Å². The predicted molar refractivity (Wildman–Crippen MR) is 80.2 cm³/mol. The molecular weight excluding hydrogens is 314 g/mol. The Balaban J connectivity index is 1.63. The van der Waals surface area contributed by atoms with Crippen molar-refractivity contribution in [3.05, 3.63) is 0 Å². The van der Waals surface area contributed by atoms with Crippen LogP contribution in [0.15, 0.2) is 0 Å². The zero-order valence-corrected chi connectivity index (χ0v) is 14.0. The molecule has 0 unspecified atom stereocenters. The number of hydrogen-bond donors (Lipinski definition) is 2. The molecule has 0 aromatic rings. The van der Waals surface area contributed by atoms with E-state index >= 15 is 0 Å². The van der Waals surface area contributed by atoms with Gasteiger partial charge in [0.25, 0.3) is 0 Å². The van der Waals surface area contributed by atoms with Crippen molar-refractivity contribution in [2.24, 2.45) is 0 Å². The molecule has 10 heteroatoms. The van der Waals surface area contributed by atoms with E-state index in [4.69, 9.17) is 18.1 Å². The third kappa shape index (κ3) is 5.02. The second-order valence-corrected chi connectivity index (χ2v) is 11.3. The molecule has 6 nitrogen and oxygen atoms in total. The first-order valence-electron chi connectivity index (χ1n) is 5.80. The van der Waals surface area contributed by atoms with Gasteiger partial charge in [-0.25, -0.2) is 0 Å². The standard InChI is InChI=1S/C8H20N2O4P2S2/c1-15(11-5-3-6-12-15)9-17-18-10-16(2)13-7-4-8-14-16/h9-10H,3-8H2,1-2H3/q+2. The lowest BCUT2D eigenvalue weighted by molar-refractivity contribution is 0.165. The summed E-state index contributed by atoms with van der Waals surface area (Å²) in [6.07, 6.45) is 1.94. The maximum atomic E-state index is 5.65. The van der Waals surface area contributed by atoms with Crippen molar-refractivity contribution < 1.29 is 18.1 Å². The fourth-order valence-corrected chi connectivity index (χ4v) is 8.82. The molecule has 18 heavy (non-hydrogen) atoms. The molecule has 2 N–H and O–H groups in total. The molecule has 2 saturated heterocycles. The van der Waals surface area contributed by atoms with Crippen LogP contribution < -0.4 is 8.99 Å². The highest BCUT2D eigenvalue weighted by Gasteiger charge is 2.42. The lowest BCUT2D eigenvalue weighted by Gasteiger charge is -2.24. The molecule has 0 atom stereocenters. The molecule has 0 aliphatic carbocycles. The van der Waals surface area contributed by atoms with Crippen LogP contribution in [0, 0.1) is 0 Å². The Labute approximate surface area is 117 Å². The quantitative estimate of drug-likeness (QED) is 0.344. The number of hydrogen-bond acceptors (Lipinski definition) is 8. The van der Waals surface area contributed by atoms with Gasteiger partial charge < -0.3 is 0 Å². The minimum absolute atomic E-state index is 0.771. The Morgan fingerprint density at radius 1 is 0.722 bits per heavy atom. The molecule has 2 rings (SSSR count). The van der Waals surface area contributed by atoms with Crippen molar-refractivity contribution in [2.45, 2.75) is 12.8 Å². The van der Waals surface area contributed by atoms with Gasteiger partial charge in [-0.2, -0.15) is 18.1 Å². The summed E-state index contributed by atoms with van der Waals surface area (Å²) in [4.78, 5) is 0. The molecule has 2 heterocycles. The molecule has 2 aliphatic heterocycles. The van der Waals surface area contributed by atoms with Gasteiger partial charge in [0.1, 0.15) is 13.3 Å². The van der Waals surface area contributed by atoms with Crippen LogP contribution in [0.2, 0.25) is 0 Å². The average molecular weight is 334 g/mol. The zero-order chi connectivity index (χ0) is 12.9. The summed E-state index contributed by atoms with van der Waals surface area (Å²) >= 11 is 0. The monoisotopic (exact) mass is 334 g/mol. The highest BCUT2D eigenvalue weighted by Crippen LogP contribution is 2.60. The predicted octanol–water partition coefficient (Wildman–Crippen LogP) is 3.04. The Hall–Kier alpha value is 1.32. The van der Waals surface area contributed by atoms with Crippen molar-refractivity contribution in [3.63, 3.8) is 0 Å². The summed E-state index contributed by atoms with van der Waals surface area (Å²) < 4.78 is 29.1. The minimum Gasteiger partial charge on any atom is -0.187 e. The molecule has 0 spiro atoms. The lowest BCUT2D eigenvalue weighted by atomic mass is 10.5. The second-order valence-electron chi connectivity index (χ2n) is 4.08. The molecule has 0 aromatic heterocycles. The Morgan fingerprint density at radius 3 is 1.39 bits per heavy atom.